The Morgan fingerprint density at radius 1 is 1.00 bits per heavy atom. The molecule has 0 spiro atoms. The van der Waals surface area contributed by atoms with E-state index in [9.17, 15) is 9.59 Å². The van der Waals surface area contributed by atoms with Gasteiger partial charge in [-0.1, -0.05) is 44.2 Å². The Kier molecular flexibility index (Phi) is 7.04. The summed E-state index contributed by atoms with van der Waals surface area (Å²) in [5, 5.41) is 9.57. The van der Waals surface area contributed by atoms with Crippen molar-refractivity contribution in [3.63, 3.8) is 0 Å². The zero-order valence-corrected chi connectivity index (χ0v) is 14.3. The smallest absolute Gasteiger partial charge is 0.336 e. The van der Waals surface area contributed by atoms with Gasteiger partial charge in [0.2, 0.25) is 0 Å². The summed E-state index contributed by atoms with van der Waals surface area (Å²) in [5.74, 6) is -0.698. The number of fused-ring (bicyclic) bond motifs is 1. The van der Waals surface area contributed by atoms with E-state index in [0.29, 0.717) is 5.58 Å². The fraction of sp³-hybridized carbons (Fsp3) is 0.500. The number of benzene rings is 1. The third-order valence-electron chi connectivity index (χ3n) is 4.37. The third kappa shape index (κ3) is 5.84. The number of aliphatic carboxylic acids is 1. The maximum Gasteiger partial charge on any atom is 0.336 e. The number of carboxylic acid groups (broad SMARTS) is 1. The third-order valence-corrected chi connectivity index (χ3v) is 4.37. The van der Waals surface area contributed by atoms with Gasteiger partial charge in [0.05, 0.1) is 0 Å². The highest BCUT2D eigenvalue weighted by atomic mass is 16.4. The Morgan fingerprint density at radius 2 is 1.67 bits per heavy atom. The van der Waals surface area contributed by atoms with Crippen LogP contribution in [0.4, 0.5) is 0 Å². The normalized spacial score (nSPS) is 11.0. The predicted octanol–water partition coefficient (Wildman–Crippen LogP) is 4.85. The van der Waals surface area contributed by atoms with Gasteiger partial charge in [-0.2, -0.15) is 0 Å². The van der Waals surface area contributed by atoms with Gasteiger partial charge in [0, 0.05) is 17.9 Å². The number of hydrogen-bond acceptors (Lipinski definition) is 3. The van der Waals surface area contributed by atoms with E-state index in [-0.39, 0.29) is 12.0 Å². The summed E-state index contributed by atoms with van der Waals surface area (Å²) in [4.78, 5) is 21.9. The first-order chi connectivity index (χ1) is 11.6. The standard InChI is InChI=1S/C20H26O4/c1-15-13-20(23)24-18-14-16(11-12-17(15)18)9-7-5-3-2-4-6-8-10-19(21)22/h11-14H,2-10H2,1H3,(H,21,22). The summed E-state index contributed by atoms with van der Waals surface area (Å²) in [6.07, 6.45) is 8.86. The molecule has 0 saturated carbocycles. The van der Waals surface area contributed by atoms with Crippen molar-refractivity contribution in [2.24, 2.45) is 0 Å². The number of hydrogen-bond donors (Lipinski definition) is 1. The van der Waals surface area contributed by atoms with E-state index in [1.165, 1.54) is 30.9 Å². The average Bonchev–Trinajstić information content (AvgIpc) is 2.52. The van der Waals surface area contributed by atoms with Crippen molar-refractivity contribution in [1.29, 1.82) is 0 Å². The Bertz CT molecular complexity index is 730. The van der Waals surface area contributed by atoms with Crippen LogP contribution in [0.3, 0.4) is 0 Å². The monoisotopic (exact) mass is 330 g/mol. The molecular formula is C20H26O4. The van der Waals surface area contributed by atoms with Crippen LogP contribution in [0.2, 0.25) is 0 Å². The first kappa shape index (κ1) is 18.2. The maximum atomic E-state index is 11.5. The van der Waals surface area contributed by atoms with Gasteiger partial charge in [-0.25, -0.2) is 4.79 Å². The number of rotatable bonds is 10. The van der Waals surface area contributed by atoms with Crippen molar-refractivity contribution in [1.82, 2.24) is 0 Å². The molecule has 4 heteroatoms. The Balaban J connectivity index is 1.68. The summed E-state index contributed by atoms with van der Waals surface area (Å²) in [7, 11) is 0. The Morgan fingerprint density at radius 3 is 2.38 bits per heavy atom. The van der Waals surface area contributed by atoms with Gasteiger partial charge in [0.1, 0.15) is 5.58 Å². The number of carboxylic acids is 1. The quantitative estimate of drug-likeness (QED) is 0.499. The molecule has 4 nitrogen and oxygen atoms in total. The molecule has 130 valence electrons. The maximum absolute atomic E-state index is 11.5. The van der Waals surface area contributed by atoms with E-state index in [0.717, 1.165) is 43.1 Å². The van der Waals surface area contributed by atoms with Gasteiger partial charge in [0.15, 0.2) is 0 Å². The van der Waals surface area contributed by atoms with Gasteiger partial charge in [0.25, 0.3) is 0 Å². The largest absolute Gasteiger partial charge is 0.481 e. The highest BCUT2D eigenvalue weighted by molar-refractivity contribution is 5.80. The highest BCUT2D eigenvalue weighted by Crippen LogP contribution is 2.19. The van der Waals surface area contributed by atoms with Crippen molar-refractivity contribution < 1.29 is 14.3 Å². The van der Waals surface area contributed by atoms with E-state index in [1.54, 1.807) is 0 Å². The van der Waals surface area contributed by atoms with E-state index in [1.807, 2.05) is 19.1 Å². The summed E-state index contributed by atoms with van der Waals surface area (Å²) < 4.78 is 5.28. The molecule has 0 unspecified atom stereocenters. The van der Waals surface area contributed by atoms with Crippen molar-refractivity contribution in [3.8, 4) is 0 Å². The van der Waals surface area contributed by atoms with Crippen LogP contribution in [0, 0.1) is 6.92 Å². The molecule has 0 radical (unpaired) electrons. The van der Waals surface area contributed by atoms with Crippen LogP contribution in [-0.4, -0.2) is 11.1 Å². The lowest BCUT2D eigenvalue weighted by molar-refractivity contribution is -0.137. The molecule has 0 aliphatic heterocycles. The zero-order chi connectivity index (χ0) is 17.4. The SMILES string of the molecule is Cc1cc(=O)oc2cc(CCCCCCCCCC(=O)O)ccc12. The van der Waals surface area contributed by atoms with Crippen LogP contribution in [0.25, 0.3) is 11.0 Å². The van der Waals surface area contributed by atoms with E-state index in [4.69, 9.17) is 9.52 Å². The molecule has 24 heavy (non-hydrogen) atoms. The molecule has 0 aliphatic carbocycles. The van der Waals surface area contributed by atoms with E-state index in [2.05, 4.69) is 6.07 Å². The van der Waals surface area contributed by atoms with Crippen molar-refractivity contribution in [2.45, 2.75) is 64.7 Å². The fourth-order valence-electron chi connectivity index (χ4n) is 3.01. The van der Waals surface area contributed by atoms with Crippen molar-refractivity contribution in [2.75, 3.05) is 0 Å². The predicted molar refractivity (Wildman–Crippen MR) is 95.5 cm³/mol. The molecule has 0 atom stereocenters. The minimum atomic E-state index is -0.698. The molecule has 0 amide bonds. The minimum absolute atomic E-state index is 0.289. The Hall–Kier alpha value is -2.10. The lowest BCUT2D eigenvalue weighted by Gasteiger charge is -2.05. The molecule has 0 aliphatic rings. The molecule has 0 fully saturated rings. The summed E-state index contributed by atoms with van der Waals surface area (Å²) >= 11 is 0. The van der Waals surface area contributed by atoms with Crippen molar-refractivity contribution >= 4 is 16.9 Å². The Labute approximate surface area is 142 Å². The topological polar surface area (TPSA) is 67.5 Å². The number of aryl methyl sites for hydroxylation is 2. The van der Waals surface area contributed by atoms with Crippen LogP contribution < -0.4 is 5.63 Å². The molecule has 1 aromatic carbocycles. The number of carbonyl (C=O) groups is 1. The first-order valence-corrected chi connectivity index (χ1v) is 8.81. The van der Waals surface area contributed by atoms with Gasteiger partial charge in [-0.3, -0.25) is 4.79 Å². The van der Waals surface area contributed by atoms with Crippen LogP contribution >= 0.6 is 0 Å². The van der Waals surface area contributed by atoms with Crippen LogP contribution in [0.5, 0.6) is 0 Å². The molecular weight excluding hydrogens is 304 g/mol. The second kappa shape index (κ2) is 9.26. The van der Waals surface area contributed by atoms with Gasteiger partial charge in [-0.15, -0.1) is 0 Å². The average molecular weight is 330 g/mol. The summed E-state index contributed by atoms with van der Waals surface area (Å²) in [5.41, 5.74) is 2.55. The van der Waals surface area contributed by atoms with Crippen molar-refractivity contribution in [3.05, 3.63) is 45.8 Å². The summed E-state index contributed by atoms with van der Waals surface area (Å²) in [6, 6.07) is 7.65. The van der Waals surface area contributed by atoms with Crippen LogP contribution in [0.1, 0.15) is 62.5 Å². The van der Waals surface area contributed by atoms with Crippen LogP contribution in [-0.2, 0) is 11.2 Å². The molecule has 0 saturated heterocycles. The van der Waals surface area contributed by atoms with Gasteiger partial charge >= 0.3 is 11.6 Å². The highest BCUT2D eigenvalue weighted by Gasteiger charge is 2.03. The molecule has 1 heterocycles. The van der Waals surface area contributed by atoms with E-state index >= 15 is 0 Å². The second-order valence-electron chi connectivity index (χ2n) is 6.45. The lowest BCUT2D eigenvalue weighted by Crippen LogP contribution is -1.98. The molecule has 0 bridgehead atoms. The summed E-state index contributed by atoms with van der Waals surface area (Å²) in [6.45, 7) is 1.93. The fourth-order valence-corrected chi connectivity index (χ4v) is 3.01. The van der Waals surface area contributed by atoms with Gasteiger partial charge in [-0.05, 0) is 43.4 Å². The zero-order valence-electron chi connectivity index (χ0n) is 14.3. The molecule has 2 rings (SSSR count). The van der Waals surface area contributed by atoms with E-state index < -0.39 is 5.97 Å². The van der Waals surface area contributed by atoms with Crippen LogP contribution in [0.15, 0.2) is 33.5 Å². The minimum Gasteiger partial charge on any atom is -0.481 e. The first-order valence-electron chi connectivity index (χ1n) is 8.81. The molecule has 1 N–H and O–H groups in total. The second-order valence-corrected chi connectivity index (χ2v) is 6.45. The number of unbranched alkanes of at least 4 members (excludes halogenated alkanes) is 6. The molecule has 2 aromatic rings. The van der Waals surface area contributed by atoms with Gasteiger partial charge < -0.3 is 9.52 Å². The molecule has 1 aromatic heterocycles. The lowest BCUT2D eigenvalue weighted by atomic mass is 10.0.